The van der Waals surface area contributed by atoms with E-state index in [0.717, 1.165) is 18.7 Å². The molecule has 1 aliphatic carbocycles. The number of ketones is 1. The van der Waals surface area contributed by atoms with Gasteiger partial charge >= 0.3 is 0 Å². The summed E-state index contributed by atoms with van der Waals surface area (Å²) in [6.07, 6.45) is 8.43. The molecule has 2 heteroatoms. The summed E-state index contributed by atoms with van der Waals surface area (Å²) in [5, 5.41) is 3.45. The third kappa shape index (κ3) is 4.52. The molecule has 1 aromatic rings. The van der Waals surface area contributed by atoms with Gasteiger partial charge in [-0.1, -0.05) is 56.5 Å². The molecule has 0 amide bonds. The van der Waals surface area contributed by atoms with Gasteiger partial charge in [0.15, 0.2) is 5.78 Å². The number of benzene rings is 1. The van der Waals surface area contributed by atoms with E-state index in [-0.39, 0.29) is 5.78 Å². The molecule has 0 aromatic heterocycles. The summed E-state index contributed by atoms with van der Waals surface area (Å²) in [5.41, 5.74) is 2.39. The number of hydrogen-bond donors (Lipinski definition) is 1. The fourth-order valence-electron chi connectivity index (χ4n) is 2.78. The lowest BCUT2D eigenvalue weighted by Gasteiger charge is -2.23. The molecule has 108 valence electrons. The molecular weight excluding hydrogens is 246 g/mol. The Hall–Kier alpha value is -1.57. The zero-order chi connectivity index (χ0) is 14.2. The van der Waals surface area contributed by atoms with Crippen molar-refractivity contribution in [1.82, 2.24) is 5.32 Å². The van der Waals surface area contributed by atoms with Crippen LogP contribution in [0.25, 0.3) is 0 Å². The first kappa shape index (κ1) is 14.8. The summed E-state index contributed by atoms with van der Waals surface area (Å²) in [4.78, 5) is 11.9. The van der Waals surface area contributed by atoms with Gasteiger partial charge in [0.1, 0.15) is 0 Å². The third-order valence-corrected chi connectivity index (χ3v) is 3.90. The highest BCUT2D eigenvalue weighted by molar-refractivity contribution is 5.91. The molecule has 20 heavy (non-hydrogen) atoms. The molecule has 1 aromatic carbocycles. The first-order valence-electron chi connectivity index (χ1n) is 7.82. The molecule has 1 unspecified atom stereocenters. The second kappa shape index (κ2) is 7.88. The van der Waals surface area contributed by atoms with Crippen LogP contribution in [0.5, 0.6) is 0 Å². The summed E-state index contributed by atoms with van der Waals surface area (Å²) < 4.78 is 0. The van der Waals surface area contributed by atoms with Crippen LogP contribution in [0.3, 0.4) is 0 Å². The minimum atomic E-state index is 0.251. The smallest absolute Gasteiger partial charge is 0.158 e. The molecule has 0 saturated carbocycles. The molecule has 2 rings (SSSR count). The van der Waals surface area contributed by atoms with Crippen molar-refractivity contribution < 1.29 is 4.79 Å². The Kier molecular flexibility index (Phi) is 5.85. The maximum atomic E-state index is 11.9. The largest absolute Gasteiger partial charge is 0.388 e. The average molecular weight is 271 g/mol. The van der Waals surface area contributed by atoms with Crippen molar-refractivity contribution in [3.8, 4) is 0 Å². The Morgan fingerprint density at radius 3 is 2.65 bits per heavy atom. The summed E-state index contributed by atoms with van der Waals surface area (Å²) in [6.45, 7) is 3.21. The highest BCUT2D eigenvalue weighted by atomic mass is 16.1. The van der Waals surface area contributed by atoms with Crippen molar-refractivity contribution in [1.29, 1.82) is 0 Å². The van der Waals surface area contributed by atoms with Crippen LogP contribution in [-0.4, -0.2) is 12.3 Å². The highest BCUT2D eigenvalue weighted by Crippen LogP contribution is 2.30. The van der Waals surface area contributed by atoms with E-state index in [4.69, 9.17) is 0 Å². The number of rotatable bonds is 7. The average Bonchev–Trinajstić information content (AvgIpc) is 2.47. The lowest BCUT2D eigenvalue weighted by atomic mass is 9.85. The highest BCUT2D eigenvalue weighted by Gasteiger charge is 2.21. The fourth-order valence-corrected chi connectivity index (χ4v) is 2.78. The standard InChI is InChI=1S/C18H25NO/c1-2-3-4-8-11-19-17-12-16(13-18(20)14-17)15-9-6-5-7-10-15/h5-7,9-10,14,16,19H,2-4,8,11-13H2,1H3. The van der Waals surface area contributed by atoms with E-state index >= 15 is 0 Å². The van der Waals surface area contributed by atoms with Crippen LogP contribution in [0.2, 0.25) is 0 Å². The first-order chi connectivity index (χ1) is 9.79. The third-order valence-electron chi connectivity index (χ3n) is 3.90. The van der Waals surface area contributed by atoms with Gasteiger partial charge in [-0.15, -0.1) is 0 Å². The normalized spacial score (nSPS) is 18.8. The lowest BCUT2D eigenvalue weighted by Crippen LogP contribution is -2.22. The molecule has 0 saturated heterocycles. The monoisotopic (exact) mass is 271 g/mol. The molecule has 0 bridgehead atoms. The van der Waals surface area contributed by atoms with Gasteiger partial charge < -0.3 is 5.32 Å². The summed E-state index contributed by atoms with van der Waals surface area (Å²) in [7, 11) is 0. The predicted octanol–water partition coefficient (Wildman–Crippen LogP) is 4.19. The van der Waals surface area contributed by atoms with Crippen molar-refractivity contribution in [2.24, 2.45) is 0 Å². The Balaban J connectivity index is 1.86. The van der Waals surface area contributed by atoms with Crippen molar-refractivity contribution in [2.75, 3.05) is 6.54 Å². The number of carbonyl (C=O) groups is 1. The van der Waals surface area contributed by atoms with Gasteiger partial charge in [-0.2, -0.15) is 0 Å². The molecule has 0 spiro atoms. The maximum Gasteiger partial charge on any atom is 0.158 e. The molecular formula is C18H25NO. The molecule has 0 aliphatic heterocycles. The van der Waals surface area contributed by atoms with E-state index in [2.05, 4.69) is 36.5 Å². The van der Waals surface area contributed by atoms with E-state index < -0.39 is 0 Å². The topological polar surface area (TPSA) is 29.1 Å². The van der Waals surface area contributed by atoms with Crippen molar-refractivity contribution in [2.45, 2.75) is 51.4 Å². The fraction of sp³-hybridized carbons (Fsp3) is 0.500. The SMILES string of the molecule is CCCCCCNC1=CC(=O)CC(c2ccccc2)C1. The van der Waals surface area contributed by atoms with Crippen molar-refractivity contribution >= 4 is 5.78 Å². The minimum absolute atomic E-state index is 0.251. The zero-order valence-electron chi connectivity index (χ0n) is 12.4. The molecule has 0 radical (unpaired) electrons. The van der Waals surface area contributed by atoms with E-state index in [0.29, 0.717) is 12.3 Å². The number of carbonyl (C=O) groups excluding carboxylic acids is 1. The van der Waals surface area contributed by atoms with Crippen LogP contribution in [0, 0.1) is 0 Å². The first-order valence-corrected chi connectivity index (χ1v) is 7.82. The van der Waals surface area contributed by atoms with E-state index in [1.165, 1.54) is 31.2 Å². The summed E-state index contributed by atoms with van der Waals surface area (Å²) in [5.74, 6) is 0.591. The van der Waals surface area contributed by atoms with Crippen molar-refractivity contribution in [3.05, 3.63) is 47.7 Å². The molecule has 1 aliphatic rings. The second-order valence-corrected chi connectivity index (χ2v) is 5.64. The van der Waals surface area contributed by atoms with Gasteiger partial charge in [0, 0.05) is 24.7 Å². The van der Waals surface area contributed by atoms with Crippen molar-refractivity contribution in [3.63, 3.8) is 0 Å². The van der Waals surface area contributed by atoms with E-state index in [1.54, 1.807) is 6.08 Å². The molecule has 1 N–H and O–H groups in total. The van der Waals surface area contributed by atoms with Crippen LogP contribution in [0.1, 0.15) is 56.9 Å². The molecule has 0 fully saturated rings. The zero-order valence-corrected chi connectivity index (χ0v) is 12.4. The second-order valence-electron chi connectivity index (χ2n) is 5.64. The van der Waals surface area contributed by atoms with Crippen LogP contribution in [-0.2, 0) is 4.79 Å². The number of hydrogen-bond acceptors (Lipinski definition) is 2. The van der Waals surface area contributed by atoms with Crippen LogP contribution in [0.4, 0.5) is 0 Å². The summed E-state index contributed by atoms with van der Waals surface area (Å²) in [6, 6.07) is 10.4. The van der Waals surface area contributed by atoms with E-state index in [9.17, 15) is 4.79 Å². The van der Waals surface area contributed by atoms with Crippen LogP contribution >= 0.6 is 0 Å². The lowest BCUT2D eigenvalue weighted by molar-refractivity contribution is -0.115. The van der Waals surface area contributed by atoms with E-state index in [1.807, 2.05) is 6.07 Å². The quantitative estimate of drug-likeness (QED) is 0.753. The molecule has 0 heterocycles. The van der Waals surface area contributed by atoms with Gasteiger partial charge in [-0.05, 0) is 24.3 Å². The number of nitrogens with one attached hydrogen (secondary N) is 1. The van der Waals surface area contributed by atoms with Gasteiger partial charge in [0.05, 0.1) is 0 Å². The Bertz CT molecular complexity index is 450. The van der Waals surface area contributed by atoms with Crippen LogP contribution < -0.4 is 5.32 Å². The Morgan fingerprint density at radius 2 is 1.90 bits per heavy atom. The number of unbranched alkanes of at least 4 members (excludes halogenated alkanes) is 3. The van der Waals surface area contributed by atoms with Gasteiger partial charge in [-0.3, -0.25) is 4.79 Å². The Labute approximate surface area is 122 Å². The van der Waals surface area contributed by atoms with Crippen LogP contribution in [0.15, 0.2) is 42.1 Å². The molecule has 1 atom stereocenters. The van der Waals surface area contributed by atoms with Gasteiger partial charge in [0.2, 0.25) is 0 Å². The molecule has 2 nitrogen and oxygen atoms in total. The summed E-state index contributed by atoms with van der Waals surface area (Å²) >= 11 is 0. The van der Waals surface area contributed by atoms with Gasteiger partial charge in [-0.25, -0.2) is 0 Å². The number of allylic oxidation sites excluding steroid dienone is 2. The predicted molar refractivity (Wildman–Crippen MR) is 83.7 cm³/mol. The maximum absolute atomic E-state index is 11.9. The Morgan fingerprint density at radius 1 is 1.10 bits per heavy atom. The minimum Gasteiger partial charge on any atom is -0.388 e. The van der Waals surface area contributed by atoms with Gasteiger partial charge in [0.25, 0.3) is 0 Å².